The van der Waals surface area contributed by atoms with Gasteiger partial charge < -0.3 is 14.5 Å². The molecule has 0 aliphatic carbocycles. The number of amides is 1. The van der Waals surface area contributed by atoms with Gasteiger partial charge in [0.05, 0.1) is 17.8 Å². The van der Waals surface area contributed by atoms with Crippen LogP contribution in [0.15, 0.2) is 40.9 Å². The number of nitrogens with zero attached hydrogens (tertiary/aromatic N) is 2. The van der Waals surface area contributed by atoms with Crippen molar-refractivity contribution in [3.05, 3.63) is 58.9 Å². The number of halogens is 1. The molecule has 0 saturated carbocycles. The summed E-state index contributed by atoms with van der Waals surface area (Å²) < 4.78 is 10.4. The summed E-state index contributed by atoms with van der Waals surface area (Å²) >= 11 is 6.15. The minimum atomic E-state index is -0.383. The largest absolute Gasteiger partial charge is 0.495 e. The topological polar surface area (TPSA) is 77.2 Å². The van der Waals surface area contributed by atoms with E-state index >= 15 is 0 Å². The van der Waals surface area contributed by atoms with Crippen molar-refractivity contribution in [1.29, 1.82) is 0 Å². The van der Waals surface area contributed by atoms with E-state index < -0.39 is 0 Å². The van der Waals surface area contributed by atoms with Crippen molar-refractivity contribution in [2.24, 2.45) is 0 Å². The fourth-order valence-corrected chi connectivity index (χ4v) is 2.66. The Labute approximate surface area is 149 Å². The zero-order valence-electron chi connectivity index (χ0n) is 14.0. The molecule has 0 unspecified atom stereocenters. The Morgan fingerprint density at radius 1 is 1.20 bits per heavy atom. The average molecular weight is 358 g/mol. The molecule has 6 nitrogen and oxygen atoms in total. The Morgan fingerprint density at radius 3 is 2.52 bits per heavy atom. The summed E-state index contributed by atoms with van der Waals surface area (Å²) in [6, 6.07) is 9.04. The maximum absolute atomic E-state index is 12.2. The first-order chi connectivity index (χ1) is 12.0. The van der Waals surface area contributed by atoms with Gasteiger partial charge in [-0.2, -0.15) is 0 Å². The van der Waals surface area contributed by atoms with Gasteiger partial charge in [0, 0.05) is 18.7 Å². The van der Waals surface area contributed by atoms with Crippen molar-refractivity contribution in [3.63, 3.8) is 0 Å². The lowest BCUT2D eigenvalue weighted by atomic mass is 10.1. The van der Waals surface area contributed by atoms with Gasteiger partial charge in [-0.1, -0.05) is 17.7 Å². The summed E-state index contributed by atoms with van der Waals surface area (Å²) in [7, 11) is 1.57. The molecule has 0 aliphatic rings. The summed E-state index contributed by atoms with van der Waals surface area (Å²) in [4.78, 5) is 20.5. The van der Waals surface area contributed by atoms with E-state index in [1.54, 1.807) is 45.4 Å². The molecule has 2 heterocycles. The molecule has 128 valence electrons. The van der Waals surface area contributed by atoms with Gasteiger partial charge in [0.25, 0.3) is 5.91 Å². The van der Waals surface area contributed by atoms with Gasteiger partial charge in [0.15, 0.2) is 5.89 Å². The Hall–Kier alpha value is -2.86. The second-order valence-electron chi connectivity index (χ2n) is 5.38. The van der Waals surface area contributed by atoms with E-state index in [0.717, 1.165) is 11.1 Å². The van der Waals surface area contributed by atoms with E-state index in [4.69, 9.17) is 20.8 Å². The number of aryl methyl sites for hydroxylation is 2. The maximum atomic E-state index is 12.2. The number of ether oxygens (including phenoxy) is 1. The molecular formula is C18H16ClN3O3. The van der Waals surface area contributed by atoms with Crippen LogP contribution in [-0.2, 0) is 0 Å². The predicted octanol–water partition coefficient (Wildman–Crippen LogP) is 4.27. The molecule has 2 aromatic heterocycles. The third kappa shape index (κ3) is 3.64. The van der Waals surface area contributed by atoms with E-state index in [0.29, 0.717) is 28.2 Å². The number of anilines is 1. The molecule has 3 aromatic rings. The highest BCUT2D eigenvalue weighted by Crippen LogP contribution is 2.30. The molecule has 0 radical (unpaired) electrons. The smallest absolute Gasteiger partial charge is 0.294 e. The van der Waals surface area contributed by atoms with Crippen molar-refractivity contribution in [2.75, 3.05) is 12.4 Å². The first kappa shape index (κ1) is 17.0. The third-order valence-corrected chi connectivity index (χ3v) is 3.90. The number of hydrogen-bond acceptors (Lipinski definition) is 5. The quantitative estimate of drug-likeness (QED) is 0.754. The standard InChI is InChI=1S/C18H16ClN3O3/c1-10-17(25-11(2)21-10)18(23)22-16-7-5-13(9-20-16)12-4-6-15(24-3)14(19)8-12/h4-9H,1-3H3,(H,20,22,23). The Morgan fingerprint density at radius 2 is 1.96 bits per heavy atom. The number of carbonyl (C=O) groups excluding carboxylic acids is 1. The summed E-state index contributed by atoms with van der Waals surface area (Å²) in [6.45, 7) is 3.41. The molecule has 0 saturated heterocycles. The molecule has 3 rings (SSSR count). The van der Waals surface area contributed by atoms with E-state index in [1.807, 2.05) is 12.1 Å². The SMILES string of the molecule is COc1ccc(-c2ccc(NC(=O)c3oc(C)nc3C)nc2)cc1Cl. The lowest BCUT2D eigenvalue weighted by Gasteiger charge is -2.07. The van der Waals surface area contributed by atoms with Crippen molar-refractivity contribution in [2.45, 2.75) is 13.8 Å². The van der Waals surface area contributed by atoms with E-state index in [-0.39, 0.29) is 11.7 Å². The molecule has 1 aromatic carbocycles. The number of hydrogen-bond donors (Lipinski definition) is 1. The minimum absolute atomic E-state index is 0.185. The molecule has 0 atom stereocenters. The lowest BCUT2D eigenvalue weighted by molar-refractivity contribution is 0.0994. The highest BCUT2D eigenvalue weighted by molar-refractivity contribution is 6.32. The van der Waals surface area contributed by atoms with E-state index in [2.05, 4.69) is 15.3 Å². The van der Waals surface area contributed by atoms with Crippen LogP contribution in [0.5, 0.6) is 5.75 Å². The van der Waals surface area contributed by atoms with Gasteiger partial charge in [0.1, 0.15) is 11.6 Å². The zero-order chi connectivity index (χ0) is 18.0. The first-order valence-corrected chi connectivity index (χ1v) is 7.91. The number of aromatic nitrogens is 2. The average Bonchev–Trinajstić information content (AvgIpc) is 2.94. The Bertz CT molecular complexity index is 920. The van der Waals surface area contributed by atoms with Crippen molar-refractivity contribution in [1.82, 2.24) is 9.97 Å². The van der Waals surface area contributed by atoms with Crippen LogP contribution in [0.25, 0.3) is 11.1 Å². The fourth-order valence-electron chi connectivity index (χ4n) is 2.40. The fraction of sp³-hybridized carbons (Fsp3) is 0.167. The lowest BCUT2D eigenvalue weighted by Crippen LogP contribution is -2.13. The van der Waals surface area contributed by atoms with Gasteiger partial charge >= 0.3 is 0 Å². The van der Waals surface area contributed by atoms with Gasteiger partial charge in [-0.25, -0.2) is 9.97 Å². The van der Waals surface area contributed by atoms with Crippen LogP contribution in [0.2, 0.25) is 5.02 Å². The molecule has 25 heavy (non-hydrogen) atoms. The van der Waals surface area contributed by atoms with E-state index in [9.17, 15) is 4.79 Å². The van der Waals surface area contributed by atoms with Crippen molar-refractivity contribution in [3.8, 4) is 16.9 Å². The summed E-state index contributed by atoms with van der Waals surface area (Å²) in [5.74, 6) is 1.28. The normalized spacial score (nSPS) is 10.6. The first-order valence-electron chi connectivity index (χ1n) is 7.53. The van der Waals surface area contributed by atoms with Crippen LogP contribution in [0, 0.1) is 13.8 Å². The van der Waals surface area contributed by atoms with Crippen molar-refractivity contribution < 1.29 is 13.9 Å². The Balaban J connectivity index is 1.77. The van der Waals surface area contributed by atoms with E-state index in [1.165, 1.54) is 0 Å². The van der Waals surface area contributed by atoms with Gasteiger partial charge in [-0.3, -0.25) is 4.79 Å². The molecule has 1 N–H and O–H groups in total. The molecular weight excluding hydrogens is 342 g/mol. The summed E-state index contributed by atoms with van der Waals surface area (Å²) in [6.07, 6.45) is 1.66. The van der Waals surface area contributed by atoms with Crippen LogP contribution in [0.1, 0.15) is 22.1 Å². The molecule has 0 bridgehead atoms. The molecule has 0 fully saturated rings. The van der Waals surface area contributed by atoms with Crippen LogP contribution in [0.4, 0.5) is 5.82 Å². The van der Waals surface area contributed by atoms with Crippen LogP contribution in [-0.4, -0.2) is 23.0 Å². The monoisotopic (exact) mass is 357 g/mol. The van der Waals surface area contributed by atoms with Crippen LogP contribution < -0.4 is 10.1 Å². The van der Waals surface area contributed by atoms with Gasteiger partial charge in [0.2, 0.25) is 5.76 Å². The second kappa shape index (κ2) is 6.94. The second-order valence-corrected chi connectivity index (χ2v) is 5.79. The number of nitrogens with one attached hydrogen (secondary N) is 1. The third-order valence-electron chi connectivity index (χ3n) is 3.60. The summed E-state index contributed by atoms with van der Waals surface area (Å²) in [5, 5.41) is 3.21. The van der Waals surface area contributed by atoms with Gasteiger partial charge in [-0.15, -0.1) is 0 Å². The number of carbonyl (C=O) groups is 1. The highest BCUT2D eigenvalue weighted by Gasteiger charge is 2.16. The van der Waals surface area contributed by atoms with Crippen LogP contribution in [0.3, 0.4) is 0 Å². The molecule has 0 aliphatic heterocycles. The Kier molecular flexibility index (Phi) is 4.72. The van der Waals surface area contributed by atoms with Crippen molar-refractivity contribution >= 4 is 23.3 Å². The number of oxazole rings is 1. The van der Waals surface area contributed by atoms with Crippen LogP contribution >= 0.6 is 11.6 Å². The molecule has 1 amide bonds. The zero-order valence-corrected chi connectivity index (χ0v) is 14.7. The van der Waals surface area contributed by atoms with Gasteiger partial charge in [-0.05, 0) is 36.8 Å². The minimum Gasteiger partial charge on any atom is -0.495 e. The summed E-state index contributed by atoms with van der Waals surface area (Å²) in [5.41, 5.74) is 2.31. The highest BCUT2D eigenvalue weighted by atomic mass is 35.5. The number of methoxy groups -OCH3 is 1. The predicted molar refractivity (Wildman–Crippen MR) is 95.2 cm³/mol. The number of benzene rings is 1. The molecule has 7 heteroatoms. The number of rotatable bonds is 4. The molecule has 0 spiro atoms. The maximum Gasteiger partial charge on any atom is 0.294 e. The number of pyridine rings is 1.